The Morgan fingerprint density at radius 1 is 1.07 bits per heavy atom. The van der Waals surface area contributed by atoms with Gasteiger partial charge in [0.2, 0.25) is 0 Å². The van der Waals surface area contributed by atoms with Gasteiger partial charge in [-0.3, -0.25) is 0 Å². The fourth-order valence-corrected chi connectivity index (χ4v) is 2.97. The van der Waals surface area contributed by atoms with E-state index in [0.29, 0.717) is 5.54 Å². The van der Waals surface area contributed by atoms with Crippen LogP contribution < -0.4 is 5.32 Å². The first kappa shape index (κ1) is 12.8. The predicted molar refractivity (Wildman–Crippen MR) is 68.1 cm³/mol. The molecule has 1 heteroatoms. The number of nitrogens with one attached hydrogen (secondary N) is 1. The summed E-state index contributed by atoms with van der Waals surface area (Å²) in [5.41, 5.74) is 2.18. The summed E-state index contributed by atoms with van der Waals surface area (Å²) in [6.07, 6.45) is 8.55. The highest BCUT2D eigenvalue weighted by Gasteiger charge is 2.38. The maximum Gasteiger partial charge on any atom is 0.0366 e. The van der Waals surface area contributed by atoms with Gasteiger partial charge >= 0.3 is 0 Å². The molecule has 0 amide bonds. The van der Waals surface area contributed by atoms with Gasteiger partial charge in [-0.15, -0.1) is 0 Å². The average Bonchev–Trinajstić information content (AvgIpc) is 2.28. The summed E-state index contributed by atoms with van der Waals surface area (Å²) in [5.74, 6) is 0. The van der Waals surface area contributed by atoms with Gasteiger partial charge in [0, 0.05) is 11.1 Å². The van der Waals surface area contributed by atoms with Crippen LogP contribution >= 0.6 is 0 Å². The highest BCUT2D eigenvalue weighted by molar-refractivity contribution is 5.22. The summed E-state index contributed by atoms with van der Waals surface area (Å²) in [6, 6.07) is 0. The third-order valence-electron chi connectivity index (χ3n) is 4.27. The predicted octanol–water partition coefficient (Wildman–Crippen LogP) is 4.04. The molecule has 0 spiro atoms. The third-order valence-corrected chi connectivity index (χ3v) is 4.27. The van der Waals surface area contributed by atoms with Crippen LogP contribution in [0.25, 0.3) is 0 Å². The van der Waals surface area contributed by atoms with Crippen molar-refractivity contribution >= 4 is 0 Å². The van der Waals surface area contributed by atoms with E-state index in [1.54, 1.807) is 5.57 Å². The van der Waals surface area contributed by atoms with Gasteiger partial charge in [0.25, 0.3) is 0 Å². The molecule has 88 valence electrons. The summed E-state index contributed by atoms with van der Waals surface area (Å²) in [4.78, 5) is 0. The van der Waals surface area contributed by atoms with Gasteiger partial charge in [-0.25, -0.2) is 0 Å². The number of hydrogen-bond acceptors (Lipinski definition) is 1. The molecule has 0 aliphatic carbocycles. The van der Waals surface area contributed by atoms with E-state index in [1.807, 2.05) is 0 Å². The minimum Gasteiger partial charge on any atom is -0.302 e. The van der Waals surface area contributed by atoms with Crippen LogP contribution in [0, 0.1) is 0 Å². The van der Waals surface area contributed by atoms with Crippen molar-refractivity contribution in [2.24, 2.45) is 0 Å². The first-order valence-electron chi connectivity index (χ1n) is 6.53. The summed E-state index contributed by atoms with van der Waals surface area (Å²) in [6.45, 7) is 11.5. The normalized spacial score (nSPS) is 23.7. The largest absolute Gasteiger partial charge is 0.302 e. The van der Waals surface area contributed by atoms with Crippen LogP contribution in [0.5, 0.6) is 0 Å². The molecular weight excluding hydrogens is 182 g/mol. The summed E-state index contributed by atoms with van der Waals surface area (Å²) < 4.78 is 0. The van der Waals surface area contributed by atoms with Crippen LogP contribution in [0.4, 0.5) is 0 Å². The molecule has 0 saturated heterocycles. The lowest BCUT2D eigenvalue weighted by Crippen LogP contribution is -2.59. The minimum atomic E-state index is 0.258. The van der Waals surface area contributed by atoms with Crippen LogP contribution in [-0.2, 0) is 0 Å². The van der Waals surface area contributed by atoms with Crippen molar-refractivity contribution in [1.82, 2.24) is 5.32 Å². The van der Waals surface area contributed by atoms with Gasteiger partial charge in [-0.05, 0) is 39.0 Å². The van der Waals surface area contributed by atoms with Gasteiger partial charge in [0.1, 0.15) is 0 Å². The topological polar surface area (TPSA) is 12.0 Å². The summed E-state index contributed by atoms with van der Waals surface area (Å²) >= 11 is 0. The molecule has 1 rings (SSSR count). The molecule has 0 aromatic heterocycles. The lowest BCUT2D eigenvalue weighted by Gasteiger charge is -2.47. The molecule has 0 aromatic carbocycles. The second kappa shape index (κ2) is 4.69. The van der Waals surface area contributed by atoms with Crippen LogP contribution in [0.3, 0.4) is 0 Å². The van der Waals surface area contributed by atoms with Crippen molar-refractivity contribution in [3.8, 4) is 0 Å². The summed E-state index contributed by atoms with van der Waals surface area (Å²) in [5, 5.41) is 3.93. The Bertz CT molecular complexity index is 232. The standard InChI is InChI=1S/C14H27N/c1-6-13(7-2)10-12(5)11-14(8-3,9-4)15-13/h10,15H,6-9,11H2,1-5H3. The van der Waals surface area contributed by atoms with Crippen molar-refractivity contribution in [1.29, 1.82) is 0 Å². The number of hydrogen-bond donors (Lipinski definition) is 1. The Kier molecular flexibility index (Phi) is 3.99. The van der Waals surface area contributed by atoms with Crippen LogP contribution in [-0.4, -0.2) is 11.1 Å². The molecule has 15 heavy (non-hydrogen) atoms. The van der Waals surface area contributed by atoms with Crippen molar-refractivity contribution in [3.05, 3.63) is 11.6 Å². The van der Waals surface area contributed by atoms with Crippen LogP contribution in [0.15, 0.2) is 11.6 Å². The highest BCUT2D eigenvalue weighted by atomic mass is 15.1. The van der Waals surface area contributed by atoms with Crippen LogP contribution in [0.2, 0.25) is 0 Å². The quantitative estimate of drug-likeness (QED) is 0.689. The van der Waals surface area contributed by atoms with E-state index in [0.717, 1.165) is 0 Å². The second-order valence-electron chi connectivity index (χ2n) is 5.14. The maximum absolute atomic E-state index is 3.93. The monoisotopic (exact) mass is 209 g/mol. The van der Waals surface area contributed by atoms with Gasteiger partial charge in [-0.1, -0.05) is 39.3 Å². The minimum absolute atomic E-state index is 0.258. The molecule has 0 bridgehead atoms. The molecular formula is C14H27N. The van der Waals surface area contributed by atoms with Crippen molar-refractivity contribution in [2.75, 3.05) is 0 Å². The zero-order valence-electron chi connectivity index (χ0n) is 11.1. The van der Waals surface area contributed by atoms with E-state index in [1.165, 1.54) is 32.1 Å². The van der Waals surface area contributed by atoms with Crippen LogP contribution in [0.1, 0.15) is 66.7 Å². The highest BCUT2D eigenvalue weighted by Crippen LogP contribution is 2.35. The molecule has 0 atom stereocenters. The van der Waals surface area contributed by atoms with E-state index in [4.69, 9.17) is 0 Å². The maximum atomic E-state index is 3.93. The smallest absolute Gasteiger partial charge is 0.0366 e. The Hall–Kier alpha value is -0.300. The van der Waals surface area contributed by atoms with E-state index in [-0.39, 0.29) is 5.54 Å². The second-order valence-corrected chi connectivity index (χ2v) is 5.14. The Balaban J connectivity index is 3.00. The molecule has 1 N–H and O–H groups in total. The zero-order chi connectivity index (χ0) is 11.5. The van der Waals surface area contributed by atoms with Gasteiger partial charge < -0.3 is 5.32 Å². The number of rotatable bonds is 4. The fourth-order valence-electron chi connectivity index (χ4n) is 2.97. The van der Waals surface area contributed by atoms with Crippen molar-refractivity contribution < 1.29 is 0 Å². The molecule has 1 aliphatic heterocycles. The fraction of sp³-hybridized carbons (Fsp3) is 0.857. The first-order valence-corrected chi connectivity index (χ1v) is 6.53. The Morgan fingerprint density at radius 3 is 2.00 bits per heavy atom. The molecule has 1 nitrogen and oxygen atoms in total. The van der Waals surface area contributed by atoms with Crippen molar-refractivity contribution in [3.63, 3.8) is 0 Å². The Labute approximate surface area is 95.3 Å². The van der Waals surface area contributed by atoms with Gasteiger partial charge in [-0.2, -0.15) is 0 Å². The zero-order valence-corrected chi connectivity index (χ0v) is 11.1. The average molecular weight is 209 g/mol. The molecule has 0 saturated carbocycles. The first-order chi connectivity index (χ1) is 7.05. The Morgan fingerprint density at radius 2 is 1.60 bits per heavy atom. The SMILES string of the molecule is CCC1(CC)C=C(C)CC(CC)(CC)N1. The van der Waals surface area contributed by atoms with E-state index < -0.39 is 0 Å². The van der Waals surface area contributed by atoms with Crippen molar-refractivity contribution in [2.45, 2.75) is 77.8 Å². The molecule has 0 radical (unpaired) electrons. The van der Waals surface area contributed by atoms with Gasteiger partial charge in [0.05, 0.1) is 0 Å². The lowest BCUT2D eigenvalue weighted by molar-refractivity contribution is 0.193. The molecule has 1 heterocycles. The molecule has 0 fully saturated rings. The molecule has 0 aromatic rings. The lowest BCUT2D eigenvalue weighted by atomic mass is 9.75. The van der Waals surface area contributed by atoms with E-state index >= 15 is 0 Å². The molecule has 0 unspecified atom stereocenters. The molecule has 1 aliphatic rings. The third kappa shape index (κ3) is 2.44. The van der Waals surface area contributed by atoms with E-state index in [9.17, 15) is 0 Å². The summed E-state index contributed by atoms with van der Waals surface area (Å²) in [7, 11) is 0. The van der Waals surface area contributed by atoms with Gasteiger partial charge in [0.15, 0.2) is 0 Å². The van der Waals surface area contributed by atoms with E-state index in [2.05, 4.69) is 46.0 Å².